The molecule has 1 aromatic rings. The summed E-state index contributed by atoms with van der Waals surface area (Å²) in [4.78, 5) is 25.3. The van der Waals surface area contributed by atoms with E-state index in [0.717, 1.165) is 12.8 Å². The van der Waals surface area contributed by atoms with Crippen molar-refractivity contribution in [2.45, 2.75) is 25.3 Å². The second kappa shape index (κ2) is 7.11. The van der Waals surface area contributed by atoms with Crippen LogP contribution in [0.4, 0.5) is 5.69 Å². The van der Waals surface area contributed by atoms with Gasteiger partial charge in [-0.1, -0.05) is 29.6 Å². The van der Waals surface area contributed by atoms with Gasteiger partial charge in [0, 0.05) is 15.7 Å². The number of nitrogens with one attached hydrogen (secondary N) is 1. The van der Waals surface area contributed by atoms with Gasteiger partial charge in [-0.2, -0.15) is 0 Å². The molecule has 0 bridgehead atoms. The molecular formula is C14H17Cl2N3O2. The lowest BCUT2D eigenvalue weighted by Gasteiger charge is -2.32. The summed E-state index contributed by atoms with van der Waals surface area (Å²) in [5.74, 6) is -0.602. The van der Waals surface area contributed by atoms with Crippen LogP contribution >= 0.6 is 23.2 Å². The molecule has 7 heteroatoms. The maximum absolute atomic E-state index is 12.1. The molecule has 0 radical (unpaired) electrons. The van der Waals surface area contributed by atoms with Crippen LogP contribution in [0.25, 0.3) is 0 Å². The van der Waals surface area contributed by atoms with Crippen molar-refractivity contribution in [2.24, 2.45) is 5.73 Å². The number of nitrogens with zero attached hydrogens (tertiary/aromatic N) is 1. The van der Waals surface area contributed by atoms with Crippen LogP contribution in [0.2, 0.25) is 10.0 Å². The van der Waals surface area contributed by atoms with Crippen LogP contribution in [0.5, 0.6) is 0 Å². The van der Waals surface area contributed by atoms with E-state index in [4.69, 9.17) is 28.9 Å². The molecule has 1 unspecified atom stereocenters. The first-order valence-electron chi connectivity index (χ1n) is 6.75. The van der Waals surface area contributed by atoms with Gasteiger partial charge in [0.05, 0.1) is 12.6 Å². The average molecular weight is 330 g/mol. The van der Waals surface area contributed by atoms with Gasteiger partial charge in [-0.05, 0) is 37.6 Å². The molecule has 1 aromatic carbocycles. The highest BCUT2D eigenvalue weighted by Crippen LogP contribution is 2.22. The van der Waals surface area contributed by atoms with Gasteiger partial charge < -0.3 is 11.1 Å². The Labute approximate surface area is 133 Å². The van der Waals surface area contributed by atoms with Crippen molar-refractivity contribution < 1.29 is 9.59 Å². The Kier molecular flexibility index (Phi) is 5.45. The summed E-state index contributed by atoms with van der Waals surface area (Å²) in [6.07, 6.45) is 2.61. The Bertz CT molecular complexity index is 531. The highest BCUT2D eigenvalue weighted by molar-refractivity contribution is 6.35. The van der Waals surface area contributed by atoms with Crippen molar-refractivity contribution in [3.05, 3.63) is 28.2 Å². The topological polar surface area (TPSA) is 75.4 Å². The van der Waals surface area contributed by atoms with Crippen molar-refractivity contribution in [3.8, 4) is 0 Å². The number of anilines is 1. The van der Waals surface area contributed by atoms with Gasteiger partial charge in [0.1, 0.15) is 0 Å². The van der Waals surface area contributed by atoms with E-state index in [-0.39, 0.29) is 24.4 Å². The SMILES string of the molecule is NC(=O)C1CCCCN1CC(=O)Nc1cc(Cl)cc(Cl)c1. The molecular weight excluding hydrogens is 313 g/mol. The Morgan fingerprint density at radius 2 is 1.90 bits per heavy atom. The number of benzene rings is 1. The average Bonchev–Trinajstić information content (AvgIpc) is 2.37. The lowest BCUT2D eigenvalue weighted by atomic mass is 10.0. The standard InChI is InChI=1S/C14H17Cl2N3O2/c15-9-5-10(16)7-11(6-9)18-13(20)8-19-4-2-1-3-12(19)14(17)21/h5-7,12H,1-4,8H2,(H2,17,21)(H,18,20). The van der Waals surface area contributed by atoms with Crippen molar-refractivity contribution in [1.29, 1.82) is 0 Å². The van der Waals surface area contributed by atoms with Crippen LogP contribution in [-0.4, -0.2) is 35.8 Å². The lowest BCUT2D eigenvalue weighted by molar-refractivity contribution is -0.126. The maximum atomic E-state index is 12.1. The summed E-state index contributed by atoms with van der Waals surface area (Å²) in [5.41, 5.74) is 5.91. The molecule has 1 fully saturated rings. The second-order valence-electron chi connectivity index (χ2n) is 5.09. The highest BCUT2D eigenvalue weighted by Gasteiger charge is 2.28. The number of rotatable bonds is 4. The van der Waals surface area contributed by atoms with Crippen molar-refractivity contribution in [3.63, 3.8) is 0 Å². The van der Waals surface area contributed by atoms with E-state index in [1.54, 1.807) is 18.2 Å². The summed E-state index contributed by atoms with van der Waals surface area (Å²) in [6, 6.07) is 4.46. The molecule has 2 rings (SSSR count). The van der Waals surface area contributed by atoms with E-state index in [2.05, 4.69) is 5.32 Å². The van der Waals surface area contributed by atoms with Gasteiger partial charge >= 0.3 is 0 Å². The molecule has 0 aromatic heterocycles. The van der Waals surface area contributed by atoms with Gasteiger partial charge in [-0.3, -0.25) is 14.5 Å². The number of nitrogens with two attached hydrogens (primary N) is 1. The maximum Gasteiger partial charge on any atom is 0.238 e. The zero-order chi connectivity index (χ0) is 15.4. The fourth-order valence-corrected chi connectivity index (χ4v) is 3.04. The van der Waals surface area contributed by atoms with Gasteiger partial charge in [-0.15, -0.1) is 0 Å². The van der Waals surface area contributed by atoms with Crippen LogP contribution in [0.3, 0.4) is 0 Å². The van der Waals surface area contributed by atoms with Gasteiger partial charge in [0.2, 0.25) is 11.8 Å². The first-order valence-corrected chi connectivity index (χ1v) is 7.50. The number of halogens is 2. The second-order valence-corrected chi connectivity index (χ2v) is 5.96. The molecule has 0 aliphatic carbocycles. The lowest BCUT2D eigenvalue weighted by Crippen LogP contribution is -2.50. The molecule has 1 heterocycles. The molecule has 21 heavy (non-hydrogen) atoms. The smallest absolute Gasteiger partial charge is 0.238 e. The van der Waals surface area contributed by atoms with E-state index in [9.17, 15) is 9.59 Å². The molecule has 1 aliphatic heterocycles. The number of primary amides is 1. The van der Waals surface area contributed by atoms with Gasteiger partial charge in [0.25, 0.3) is 0 Å². The first kappa shape index (κ1) is 16.1. The van der Waals surface area contributed by atoms with Gasteiger partial charge in [-0.25, -0.2) is 0 Å². The van der Waals surface area contributed by atoms with Crippen LogP contribution in [0, 0.1) is 0 Å². The predicted octanol–water partition coefficient (Wildman–Crippen LogP) is 2.27. The van der Waals surface area contributed by atoms with Crippen LogP contribution in [0.1, 0.15) is 19.3 Å². The molecule has 5 nitrogen and oxygen atoms in total. The molecule has 114 valence electrons. The Morgan fingerprint density at radius 3 is 2.52 bits per heavy atom. The Balaban J connectivity index is 1.98. The van der Waals surface area contributed by atoms with Crippen LogP contribution in [-0.2, 0) is 9.59 Å². The molecule has 0 spiro atoms. The Hall–Kier alpha value is -1.30. The Morgan fingerprint density at radius 1 is 1.24 bits per heavy atom. The monoisotopic (exact) mass is 329 g/mol. The fourth-order valence-electron chi connectivity index (χ4n) is 2.51. The number of likely N-dealkylation sites (tertiary alicyclic amines) is 1. The predicted molar refractivity (Wildman–Crippen MR) is 83.5 cm³/mol. The van der Waals surface area contributed by atoms with E-state index >= 15 is 0 Å². The number of piperidine rings is 1. The third-order valence-corrected chi connectivity index (χ3v) is 3.87. The van der Waals surface area contributed by atoms with E-state index < -0.39 is 0 Å². The summed E-state index contributed by atoms with van der Waals surface area (Å²) < 4.78 is 0. The number of hydrogen-bond acceptors (Lipinski definition) is 3. The molecule has 1 atom stereocenters. The summed E-state index contributed by atoms with van der Waals surface area (Å²) in [5, 5.41) is 3.63. The minimum atomic E-state index is -0.381. The molecule has 2 amide bonds. The van der Waals surface area contributed by atoms with E-state index in [1.807, 2.05) is 4.90 Å². The molecule has 3 N–H and O–H groups in total. The fraction of sp³-hybridized carbons (Fsp3) is 0.429. The van der Waals surface area contributed by atoms with Crippen molar-refractivity contribution in [1.82, 2.24) is 4.90 Å². The molecule has 1 saturated heterocycles. The van der Waals surface area contributed by atoms with E-state index in [0.29, 0.717) is 28.7 Å². The van der Waals surface area contributed by atoms with Crippen molar-refractivity contribution >= 4 is 40.7 Å². The largest absolute Gasteiger partial charge is 0.368 e. The number of amides is 2. The number of carbonyl (C=O) groups excluding carboxylic acids is 2. The minimum Gasteiger partial charge on any atom is -0.368 e. The zero-order valence-corrected chi connectivity index (χ0v) is 13.0. The van der Waals surface area contributed by atoms with Crippen LogP contribution in [0.15, 0.2) is 18.2 Å². The zero-order valence-electron chi connectivity index (χ0n) is 11.4. The molecule has 0 saturated carbocycles. The van der Waals surface area contributed by atoms with Gasteiger partial charge in [0.15, 0.2) is 0 Å². The third kappa shape index (κ3) is 4.59. The summed E-state index contributed by atoms with van der Waals surface area (Å²) in [7, 11) is 0. The first-order chi connectivity index (χ1) is 9.95. The van der Waals surface area contributed by atoms with Crippen molar-refractivity contribution in [2.75, 3.05) is 18.4 Å². The third-order valence-electron chi connectivity index (χ3n) is 3.44. The highest BCUT2D eigenvalue weighted by atomic mass is 35.5. The number of carbonyl (C=O) groups is 2. The molecule has 1 aliphatic rings. The normalized spacial score (nSPS) is 19.2. The van der Waals surface area contributed by atoms with E-state index in [1.165, 1.54) is 0 Å². The minimum absolute atomic E-state index is 0.123. The van der Waals surface area contributed by atoms with Crippen LogP contribution < -0.4 is 11.1 Å². The summed E-state index contributed by atoms with van der Waals surface area (Å²) >= 11 is 11.8. The number of hydrogen-bond donors (Lipinski definition) is 2. The quantitative estimate of drug-likeness (QED) is 0.889. The summed E-state index contributed by atoms with van der Waals surface area (Å²) in [6.45, 7) is 0.815.